The molecule has 0 spiro atoms. The second kappa shape index (κ2) is 10.3. The van der Waals surface area contributed by atoms with Gasteiger partial charge in [-0.05, 0) is 53.4 Å². The van der Waals surface area contributed by atoms with Crippen LogP contribution < -0.4 is 24.0 Å². The number of ether oxygens (including phenoxy) is 3. The summed E-state index contributed by atoms with van der Waals surface area (Å²) in [4.78, 5) is 30.7. The van der Waals surface area contributed by atoms with E-state index in [0.29, 0.717) is 47.3 Å². The molecule has 3 aromatic carbocycles. The van der Waals surface area contributed by atoms with Gasteiger partial charge in [-0.15, -0.1) is 0 Å². The number of nitrogens with zero attached hydrogens (tertiary/aromatic N) is 2. The smallest absolute Gasteiger partial charge is 0.300 e. The van der Waals surface area contributed by atoms with E-state index >= 15 is 0 Å². The number of hydrogen-bond donors (Lipinski definition) is 1. The van der Waals surface area contributed by atoms with Crippen LogP contribution in [0.1, 0.15) is 43.5 Å². The van der Waals surface area contributed by atoms with Gasteiger partial charge in [0, 0.05) is 42.7 Å². The number of rotatable bonds is 5. The molecule has 1 saturated heterocycles. The number of ketones is 1. The lowest BCUT2D eigenvalue weighted by Crippen LogP contribution is -2.29. The summed E-state index contributed by atoms with van der Waals surface area (Å²) >= 11 is 0. The number of hydrogen-bond acceptors (Lipinski definition) is 7. The fraction of sp³-hybridized carbons (Fsp3) is 0.312. The monoisotopic (exact) mass is 542 g/mol. The van der Waals surface area contributed by atoms with Crippen molar-refractivity contribution in [2.45, 2.75) is 32.2 Å². The van der Waals surface area contributed by atoms with E-state index in [1.165, 1.54) is 4.90 Å². The van der Waals surface area contributed by atoms with Gasteiger partial charge in [0.2, 0.25) is 0 Å². The second-order valence-electron chi connectivity index (χ2n) is 11.1. The van der Waals surface area contributed by atoms with Crippen LogP contribution in [-0.4, -0.2) is 51.2 Å². The summed E-state index contributed by atoms with van der Waals surface area (Å²) < 4.78 is 17.0. The molecule has 1 unspecified atom stereocenters. The van der Waals surface area contributed by atoms with Crippen molar-refractivity contribution in [2.24, 2.45) is 0 Å². The molecule has 0 aromatic heterocycles. The Morgan fingerprint density at radius 3 is 2.25 bits per heavy atom. The standard InChI is InChI=1S/C32H34N2O6/c1-32(2,3)23-17-20(9-13-24(23)38-6)29(35)27-28(19-7-10-21(11-8-19)33(4)5)34(31(37)30(27)36)22-12-14-25-26(18-22)40-16-15-39-25/h7-14,17-18,28,35H,15-16H2,1-6H3/b29-27+. The minimum absolute atomic E-state index is 0.0162. The summed E-state index contributed by atoms with van der Waals surface area (Å²) in [5, 5.41) is 11.7. The average Bonchev–Trinajstić information content (AvgIpc) is 3.21. The summed E-state index contributed by atoms with van der Waals surface area (Å²) in [5.41, 5.74) is 3.14. The van der Waals surface area contributed by atoms with Gasteiger partial charge in [-0.25, -0.2) is 0 Å². The molecule has 8 nitrogen and oxygen atoms in total. The number of methoxy groups -OCH3 is 1. The zero-order valence-electron chi connectivity index (χ0n) is 23.6. The fourth-order valence-corrected chi connectivity index (χ4v) is 5.15. The molecule has 2 heterocycles. The van der Waals surface area contributed by atoms with Crippen molar-refractivity contribution in [1.82, 2.24) is 0 Å². The van der Waals surface area contributed by atoms with Gasteiger partial charge in [-0.1, -0.05) is 32.9 Å². The number of aliphatic hydroxyl groups is 1. The number of carbonyl (C=O) groups excluding carboxylic acids is 2. The van der Waals surface area contributed by atoms with Crippen LogP contribution >= 0.6 is 0 Å². The molecule has 1 amide bonds. The maximum Gasteiger partial charge on any atom is 0.300 e. The quantitative estimate of drug-likeness (QED) is 0.260. The average molecular weight is 543 g/mol. The molecular formula is C32H34N2O6. The number of fused-ring (bicyclic) bond motifs is 1. The third kappa shape index (κ3) is 4.74. The minimum atomic E-state index is -0.862. The van der Waals surface area contributed by atoms with Gasteiger partial charge in [0.05, 0.1) is 18.7 Å². The van der Waals surface area contributed by atoms with Crippen LogP contribution in [0.15, 0.2) is 66.2 Å². The van der Waals surface area contributed by atoms with Crippen LogP contribution in [0.25, 0.3) is 5.76 Å². The Hall–Kier alpha value is -4.46. The van der Waals surface area contributed by atoms with Gasteiger partial charge in [0.25, 0.3) is 11.7 Å². The lowest BCUT2D eigenvalue weighted by atomic mass is 9.84. The van der Waals surface area contributed by atoms with Gasteiger partial charge in [-0.2, -0.15) is 0 Å². The van der Waals surface area contributed by atoms with Gasteiger partial charge >= 0.3 is 0 Å². The van der Waals surface area contributed by atoms with Crippen LogP contribution in [0.5, 0.6) is 17.2 Å². The van der Waals surface area contributed by atoms with E-state index in [1.54, 1.807) is 37.4 Å². The molecule has 0 radical (unpaired) electrons. The SMILES string of the molecule is COc1ccc(/C(O)=C2\C(=O)C(=O)N(c3ccc4c(c3)OCCO4)C2c2ccc(N(C)C)cc2)cc1C(C)(C)C. The van der Waals surface area contributed by atoms with Crippen LogP contribution in [0, 0.1) is 0 Å². The van der Waals surface area contributed by atoms with Crippen LogP contribution in [-0.2, 0) is 15.0 Å². The van der Waals surface area contributed by atoms with Crippen LogP contribution in [0.3, 0.4) is 0 Å². The summed E-state index contributed by atoms with van der Waals surface area (Å²) in [6, 6.07) is 17.2. The van der Waals surface area contributed by atoms with Crippen molar-refractivity contribution >= 4 is 28.8 Å². The van der Waals surface area contributed by atoms with Crippen molar-refractivity contribution in [3.8, 4) is 17.2 Å². The first-order valence-corrected chi connectivity index (χ1v) is 13.2. The zero-order valence-corrected chi connectivity index (χ0v) is 23.6. The van der Waals surface area contributed by atoms with E-state index in [1.807, 2.05) is 70.1 Å². The zero-order chi connectivity index (χ0) is 28.8. The molecule has 1 atom stereocenters. The predicted octanol–water partition coefficient (Wildman–Crippen LogP) is 5.46. The summed E-state index contributed by atoms with van der Waals surface area (Å²) in [6.07, 6.45) is 0. The number of Topliss-reactive ketones (excluding diaryl/α,β-unsaturated/α-hetero) is 1. The van der Waals surface area contributed by atoms with Crippen LogP contribution in [0.2, 0.25) is 0 Å². The number of carbonyl (C=O) groups is 2. The molecule has 0 aliphatic carbocycles. The van der Waals surface area contributed by atoms with Crippen molar-refractivity contribution in [2.75, 3.05) is 44.2 Å². The fourth-order valence-electron chi connectivity index (χ4n) is 5.15. The van der Waals surface area contributed by atoms with Crippen LogP contribution in [0.4, 0.5) is 11.4 Å². The molecule has 2 aliphatic heterocycles. The third-order valence-corrected chi connectivity index (χ3v) is 7.25. The molecule has 208 valence electrons. The van der Waals surface area contributed by atoms with Crippen molar-refractivity contribution in [1.29, 1.82) is 0 Å². The number of aliphatic hydroxyl groups excluding tert-OH is 1. The largest absolute Gasteiger partial charge is 0.507 e. The molecule has 8 heteroatoms. The summed E-state index contributed by atoms with van der Waals surface area (Å²) in [7, 11) is 5.47. The highest BCUT2D eigenvalue weighted by molar-refractivity contribution is 6.51. The Morgan fingerprint density at radius 2 is 1.62 bits per heavy atom. The van der Waals surface area contributed by atoms with Gasteiger partial charge in [0.15, 0.2) is 11.5 Å². The maximum atomic E-state index is 13.7. The molecular weight excluding hydrogens is 508 g/mol. The Labute approximate surface area is 234 Å². The first kappa shape index (κ1) is 27.1. The van der Waals surface area contributed by atoms with E-state index in [-0.39, 0.29) is 16.7 Å². The topological polar surface area (TPSA) is 88.5 Å². The normalized spacial score (nSPS) is 18.1. The first-order chi connectivity index (χ1) is 19.0. The van der Waals surface area contributed by atoms with Gasteiger partial charge in [0.1, 0.15) is 24.7 Å². The predicted molar refractivity (Wildman–Crippen MR) is 155 cm³/mol. The summed E-state index contributed by atoms with van der Waals surface area (Å²) in [5.74, 6) is 0.0141. The highest BCUT2D eigenvalue weighted by Crippen LogP contribution is 2.45. The third-order valence-electron chi connectivity index (χ3n) is 7.25. The van der Waals surface area contributed by atoms with E-state index in [4.69, 9.17) is 14.2 Å². The molecule has 1 fully saturated rings. The number of benzene rings is 3. The molecule has 2 aliphatic rings. The number of anilines is 2. The minimum Gasteiger partial charge on any atom is -0.507 e. The first-order valence-electron chi connectivity index (χ1n) is 13.2. The van der Waals surface area contributed by atoms with E-state index < -0.39 is 17.7 Å². The molecule has 5 rings (SSSR count). The van der Waals surface area contributed by atoms with Crippen molar-refractivity contribution in [3.05, 3.63) is 82.9 Å². The van der Waals surface area contributed by atoms with Crippen molar-refractivity contribution in [3.63, 3.8) is 0 Å². The molecule has 0 saturated carbocycles. The Kier molecular flexibility index (Phi) is 6.96. The Morgan fingerprint density at radius 1 is 0.950 bits per heavy atom. The lowest BCUT2D eigenvalue weighted by molar-refractivity contribution is -0.132. The highest BCUT2D eigenvalue weighted by Gasteiger charge is 2.47. The van der Waals surface area contributed by atoms with Gasteiger partial charge < -0.3 is 24.2 Å². The number of amides is 1. The Balaban J connectivity index is 1.70. The van der Waals surface area contributed by atoms with Crippen molar-refractivity contribution < 1.29 is 28.9 Å². The molecule has 1 N–H and O–H groups in total. The van der Waals surface area contributed by atoms with E-state index in [2.05, 4.69) is 0 Å². The lowest BCUT2D eigenvalue weighted by Gasteiger charge is -2.27. The molecule has 40 heavy (non-hydrogen) atoms. The second-order valence-corrected chi connectivity index (χ2v) is 11.1. The maximum absolute atomic E-state index is 13.7. The van der Waals surface area contributed by atoms with E-state index in [0.717, 1.165) is 11.3 Å². The van der Waals surface area contributed by atoms with Gasteiger partial charge in [-0.3, -0.25) is 14.5 Å². The molecule has 0 bridgehead atoms. The molecule has 3 aromatic rings. The highest BCUT2D eigenvalue weighted by atomic mass is 16.6. The van der Waals surface area contributed by atoms with E-state index in [9.17, 15) is 14.7 Å². The summed E-state index contributed by atoms with van der Waals surface area (Å²) in [6.45, 7) is 6.96. The Bertz CT molecular complexity index is 1500.